The molecule has 16 heavy (non-hydrogen) atoms. The van der Waals surface area contributed by atoms with Crippen LogP contribution in [-0.4, -0.2) is 51.1 Å². The van der Waals surface area contributed by atoms with Gasteiger partial charge in [-0.05, 0) is 51.4 Å². The Balaban J connectivity index is 1.94. The molecule has 92 valence electrons. The summed E-state index contributed by atoms with van der Waals surface area (Å²) in [6.07, 6.45) is 2.49. The Morgan fingerprint density at radius 3 is 2.62 bits per heavy atom. The van der Waals surface area contributed by atoms with Crippen LogP contribution in [0.5, 0.6) is 0 Å². The number of nitrogens with zero attached hydrogens (tertiary/aromatic N) is 1. The monoisotopic (exact) mass is 225 g/mol. The number of carbonyl (C=O) groups excluding carboxylic acids is 1. The zero-order chi connectivity index (χ0) is 11.5. The van der Waals surface area contributed by atoms with Crippen molar-refractivity contribution in [2.45, 2.75) is 12.8 Å². The third-order valence-corrected chi connectivity index (χ3v) is 4.21. The van der Waals surface area contributed by atoms with E-state index in [9.17, 15) is 4.79 Å². The van der Waals surface area contributed by atoms with Crippen molar-refractivity contribution in [2.24, 2.45) is 17.8 Å². The van der Waals surface area contributed by atoms with E-state index in [4.69, 9.17) is 0 Å². The van der Waals surface area contributed by atoms with E-state index in [0.717, 1.165) is 19.0 Å². The molecule has 0 saturated carbocycles. The van der Waals surface area contributed by atoms with Crippen LogP contribution in [0, 0.1) is 17.8 Å². The van der Waals surface area contributed by atoms with Crippen LogP contribution in [0.15, 0.2) is 0 Å². The van der Waals surface area contributed by atoms with Crippen molar-refractivity contribution < 1.29 is 4.79 Å². The quantitative estimate of drug-likeness (QED) is 0.690. The van der Waals surface area contributed by atoms with Crippen molar-refractivity contribution in [1.82, 2.24) is 15.5 Å². The minimum absolute atomic E-state index is 0.193. The molecular formula is C12H23N3O. The first-order valence-electron chi connectivity index (χ1n) is 6.33. The standard InChI is InChI=1S/C12H23N3O/c1-13-12(16)11-8-14-7-10(11)9-3-5-15(2)6-4-9/h9-11,14H,3-8H2,1-2H3,(H,13,16). The van der Waals surface area contributed by atoms with Crippen molar-refractivity contribution in [3.8, 4) is 0 Å². The molecular weight excluding hydrogens is 202 g/mol. The summed E-state index contributed by atoms with van der Waals surface area (Å²) in [6, 6.07) is 0. The van der Waals surface area contributed by atoms with E-state index in [1.165, 1.54) is 25.9 Å². The third kappa shape index (κ3) is 2.38. The van der Waals surface area contributed by atoms with E-state index in [2.05, 4.69) is 22.6 Å². The van der Waals surface area contributed by atoms with E-state index in [-0.39, 0.29) is 11.8 Å². The average molecular weight is 225 g/mol. The molecule has 2 aliphatic heterocycles. The number of rotatable bonds is 2. The third-order valence-electron chi connectivity index (χ3n) is 4.21. The second kappa shape index (κ2) is 5.15. The first-order valence-corrected chi connectivity index (χ1v) is 6.33. The molecule has 2 heterocycles. The maximum Gasteiger partial charge on any atom is 0.224 e. The lowest BCUT2D eigenvalue weighted by molar-refractivity contribution is -0.125. The van der Waals surface area contributed by atoms with Gasteiger partial charge >= 0.3 is 0 Å². The molecule has 4 heteroatoms. The van der Waals surface area contributed by atoms with Crippen LogP contribution in [0.4, 0.5) is 0 Å². The number of nitrogens with one attached hydrogen (secondary N) is 2. The van der Waals surface area contributed by atoms with Crippen molar-refractivity contribution in [1.29, 1.82) is 0 Å². The molecule has 0 aromatic rings. The Morgan fingerprint density at radius 1 is 1.31 bits per heavy atom. The Hall–Kier alpha value is -0.610. The Kier molecular flexibility index (Phi) is 3.82. The number of amides is 1. The fraction of sp³-hybridized carbons (Fsp3) is 0.917. The van der Waals surface area contributed by atoms with E-state index in [1.807, 2.05) is 0 Å². The molecule has 4 nitrogen and oxygen atoms in total. The maximum atomic E-state index is 11.8. The summed E-state index contributed by atoms with van der Waals surface area (Å²) in [5, 5.41) is 6.17. The topological polar surface area (TPSA) is 44.4 Å². The predicted molar refractivity (Wildman–Crippen MR) is 64.1 cm³/mol. The summed E-state index contributed by atoms with van der Waals surface area (Å²) in [5.41, 5.74) is 0. The van der Waals surface area contributed by atoms with Crippen LogP contribution in [0.2, 0.25) is 0 Å². The van der Waals surface area contributed by atoms with Gasteiger partial charge in [0.05, 0.1) is 5.92 Å². The minimum Gasteiger partial charge on any atom is -0.359 e. The smallest absolute Gasteiger partial charge is 0.224 e. The molecule has 2 N–H and O–H groups in total. The van der Waals surface area contributed by atoms with Crippen molar-refractivity contribution in [3.63, 3.8) is 0 Å². The van der Waals surface area contributed by atoms with E-state index >= 15 is 0 Å². The number of carbonyl (C=O) groups is 1. The molecule has 0 aromatic carbocycles. The fourth-order valence-corrected chi connectivity index (χ4v) is 3.12. The zero-order valence-electron chi connectivity index (χ0n) is 10.3. The largest absolute Gasteiger partial charge is 0.359 e. The second-order valence-electron chi connectivity index (χ2n) is 5.18. The van der Waals surface area contributed by atoms with E-state index in [0.29, 0.717) is 5.92 Å². The molecule has 2 aliphatic rings. The Labute approximate surface area is 97.8 Å². The highest BCUT2D eigenvalue weighted by molar-refractivity contribution is 5.79. The fourth-order valence-electron chi connectivity index (χ4n) is 3.12. The summed E-state index contributed by atoms with van der Waals surface area (Å²) in [7, 11) is 3.92. The number of piperidine rings is 1. The first-order chi connectivity index (χ1) is 7.72. The van der Waals surface area contributed by atoms with Gasteiger partial charge in [0.2, 0.25) is 5.91 Å². The highest BCUT2D eigenvalue weighted by Crippen LogP contribution is 2.32. The summed E-state index contributed by atoms with van der Waals surface area (Å²) in [5.74, 6) is 1.69. The Bertz CT molecular complexity index is 249. The lowest BCUT2D eigenvalue weighted by Gasteiger charge is -2.34. The maximum absolute atomic E-state index is 11.8. The lowest BCUT2D eigenvalue weighted by atomic mass is 9.78. The minimum atomic E-state index is 0.193. The highest BCUT2D eigenvalue weighted by atomic mass is 16.1. The van der Waals surface area contributed by atoms with Crippen LogP contribution in [-0.2, 0) is 4.79 Å². The molecule has 2 rings (SSSR count). The van der Waals surface area contributed by atoms with Gasteiger partial charge in [0.15, 0.2) is 0 Å². The van der Waals surface area contributed by atoms with Gasteiger partial charge in [-0.1, -0.05) is 0 Å². The molecule has 0 radical (unpaired) electrons. The molecule has 2 saturated heterocycles. The van der Waals surface area contributed by atoms with Crippen LogP contribution in [0.25, 0.3) is 0 Å². The lowest BCUT2D eigenvalue weighted by Crippen LogP contribution is -2.39. The second-order valence-corrected chi connectivity index (χ2v) is 5.18. The van der Waals surface area contributed by atoms with Gasteiger partial charge in [-0.25, -0.2) is 0 Å². The van der Waals surface area contributed by atoms with Crippen LogP contribution >= 0.6 is 0 Å². The number of likely N-dealkylation sites (tertiary alicyclic amines) is 1. The van der Waals surface area contributed by atoms with Gasteiger partial charge < -0.3 is 15.5 Å². The van der Waals surface area contributed by atoms with Gasteiger partial charge in [-0.3, -0.25) is 4.79 Å². The van der Waals surface area contributed by atoms with Crippen molar-refractivity contribution >= 4 is 5.91 Å². The van der Waals surface area contributed by atoms with Crippen molar-refractivity contribution in [2.75, 3.05) is 40.3 Å². The molecule has 0 bridgehead atoms. The van der Waals surface area contributed by atoms with Gasteiger partial charge in [0, 0.05) is 13.6 Å². The number of hydrogen-bond donors (Lipinski definition) is 2. The van der Waals surface area contributed by atoms with Crippen LogP contribution in [0.3, 0.4) is 0 Å². The number of hydrogen-bond acceptors (Lipinski definition) is 3. The first kappa shape index (κ1) is 11.9. The highest BCUT2D eigenvalue weighted by Gasteiger charge is 2.38. The molecule has 1 amide bonds. The van der Waals surface area contributed by atoms with Gasteiger partial charge in [0.1, 0.15) is 0 Å². The molecule has 0 aliphatic carbocycles. The normalized spacial score (nSPS) is 32.9. The van der Waals surface area contributed by atoms with Crippen LogP contribution in [0.1, 0.15) is 12.8 Å². The van der Waals surface area contributed by atoms with Gasteiger partial charge in [0.25, 0.3) is 0 Å². The summed E-state index contributed by atoms with van der Waals surface area (Å²) < 4.78 is 0. The summed E-state index contributed by atoms with van der Waals surface area (Å²) in [4.78, 5) is 14.2. The molecule has 2 atom stereocenters. The van der Waals surface area contributed by atoms with Gasteiger partial charge in [-0.15, -0.1) is 0 Å². The van der Waals surface area contributed by atoms with Crippen LogP contribution < -0.4 is 10.6 Å². The molecule has 0 aromatic heterocycles. The molecule has 0 spiro atoms. The van der Waals surface area contributed by atoms with E-state index in [1.54, 1.807) is 7.05 Å². The Morgan fingerprint density at radius 2 is 2.00 bits per heavy atom. The van der Waals surface area contributed by atoms with Gasteiger partial charge in [-0.2, -0.15) is 0 Å². The average Bonchev–Trinajstić information content (AvgIpc) is 2.78. The molecule has 2 unspecified atom stereocenters. The molecule has 2 fully saturated rings. The summed E-state index contributed by atoms with van der Waals surface area (Å²) in [6.45, 7) is 4.24. The van der Waals surface area contributed by atoms with E-state index < -0.39 is 0 Å². The zero-order valence-corrected chi connectivity index (χ0v) is 10.3. The SMILES string of the molecule is CNC(=O)C1CNCC1C1CCN(C)CC1. The van der Waals surface area contributed by atoms with Crippen molar-refractivity contribution in [3.05, 3.63) is 0 Å². The predicted octanol–water partition coefficient (Wildman–Crippen LogP) is -0.0902. The summed E-state index contributed by atoms with van der Waals surface area (Å²) >= 11 is 0.